The van der Waals surface area contributed by atoms with Gasteiger partial charge in [-0.15, -0.1) is 11.3 Å². The molecule has 12 rings (SSSR count). The lowest BCUT2D eigenvalue weighted by molar-refractivity contribution is 0.646. The number of hydrogen-bond acceptors (Lipinski definition) is 2. The second kappa shape index (κ2) is 11.3. The van der Waals surface area contributed by atoms with Crippen LogP contribution in [-0.2, 0) is 0 Å². The molecule has 8 aromatic carbocycles. The van der Waals surface area contributed by atoms with E-state index < -0.39 is 0 Å². The zero-order valence-corrected chi connectivity index (χ0v) is 29.8. The third-order valence-corrected chi connectivity index (χ3v) is 12.3. The van der Waals surface area contributed by atoms with Gasteiger partial charge in [-0.05, 0) is 83.4 Å². The Bertz CT molecular complexity index is 3380. The van der Waals surface area contributed by atoms with Crippen LogP contribution in [0.5, 0.6) is 0 Å². The summed E-state index contributed by atoms with van der Waals surface area (Å²) in [5.74, 6) is 0. The molecule has 0 N–H and O–H groups in total. The van der Waals surface area contributed by atoms with Crippen molar-refractivity contribution < 1.29 is 4.42 Å². The standard InChI is InChI=1S/C50H30N2OS/c1-2-11-34(12-3-1)52-45-20-9-6-15-39(45)48-40-17-10-16-36(49(40)53-50(48)52)33-24-28-47-42(30-33)41-29-32(23-27-46(41)54-47)31-21-25-35(26-22-31)51-43-18-7-4-13-37(43)38-14-5-8-19-44(38)51/h1-30H. The van der Waals surface area contributed by atoms with Crippen LogP contribution in [0, 0.1) is 0 Å². The van der Waals surface area contributed by atoms with Gasteiger partial charge < -0.3 is 8.98 Å². The van der Waals surface area contributed by atoms with Gasteiger partial charge in [0.25, 0.3) is 0 Å². The number of aromatic nitrogens is 2. The average molecular weight is 707 g/mol. The summed E-state index contributed by atoms with van der Waals surface area (Å²) in [4.78, 5) is 0. The van der Waals surface area contributed by atoms with E-state index in [0.717, 1.165) is 50.1 Å². The molecule has 0 atom stereocenters. The third-order valence-electron chi connectivity index (χ3n) is 11.1. The molecule has 0 radical (unpaired) electrons. The first-order valence-corrected chi connectivity index (χ1v) is 19.2. The summed E-state index contributed by atoms with van der Waals surface area (Å²) < 4.78 is 14.1. The second-order valence-corrected chi connectivity index (χ2v) is 15.2. The van der Waals surface area contributed by atoms with Crippen molar-refractivity contribution in [3.63, 3.8) is 0 Å². The van der Waals surface area contributed by atoms with E-state index >= 15 is 0 Å². The van der Waals surface area contributed by atoms with Crippen molar-refractivity contribution in [2.75, 3.05) is 0 Å². The van der Waals surface area contributed by atoms with Crippen LogP contribution in [0.15, 0.2) is 186 Å². The first kappa shape index (κ1) is 29.7. The van der Waals surface area contributed by atoms with Crippen molar-refractivity contribution in [1.82, 2.24) is 9.13 Å². The van der Waals surface area contributed by atoms with Crippen molar-refractivity contribution in [2.24, 2.45) is 0 Å². The molecular weight excluding hydrogens is 677 g/mol. The summed E-state index contributed by atoms with van der Waals surface area (Å²) in [5.41, 5.74) is 12.3. The van der Waals surface area contributed by atoms with Crippen LogP contribution in [0.4, 0.5) is 0 Å². The highest BCUT2D eigenvalue weighted by Crippen LogP contribution is 2.44. The van der Waals surface area contributed by atoms with Gasteiger partial charge in [-0.2, -0.15) is 0 Å². The fraction of sp³-hybridized carbons (Fsp3) is 0. The van der Waals surface area contributed by atoms with Gasteiger partial charge >= 0.3 is 0 Å². The lowest BCUT2D eigenvalue weighted by Crippen LogP contribution is -1.93. The van der Waals surface area contributed by atoms with E-state index in [2.05, 4.69) is 191 Å². The number of hydrogen-bond donors (Lipinski definition) is 0. The average Bonchev–Trinajstić information content (AvgIpc) is 3.98. The van der Waals surface area contributed by atoms with Crippen LogP contribution >= 0.6 is 11.3 Å². The van der Waals surface area contributed by atoms with Gasteiger partial charge in [0.2, 0.25) is 5.71 Å². The van der Waals surface area contributed by atoms with Crippen LogP contribution in [-0.4, -0.2) is 9.13 Å². The molecule has 4 heterocycles. The topological polar surface area (TPSA) is 23.0 Å². The molecule has 0 aliphatic carbocycles. The normalized spacial score (nSPS) is 12.1. The Kier molecular flexibility index (Phi) is 6.21. The predicted molar refractivity (Wildman–Crippen MR) is 229 cm³/mol. The molecule has 0 saturated heterocycles. The van der Waals surface area contributed by atoms with Crippen molar-refractivity contribution in [3.05, 3.63) is 182 Å². The third kappa shape index (κ3) is 4.23. The Labute approximate surface area is 314 Å². The van der Waals surface area contributed by atoms with Crippen LogP contribution in [0.2, 0.25) is 0 Å². The van der Waals surface area contributed by atoms with Gasteiger partial charge in [0.05, 0.1) is 21.9 Å². The molecular formula is C50H30N2OS. The zero-order chi connectivity index (χ0) is 35.3. The minimum atomic E-state index is 0.876. The van der Waals surface area contributed by atoms with Crippen molar-refractivity contribution >= 4 is 86.3 Å². The first-order chi connectivity index (χ1) is 26.8. The van der Waals surface area contributed by atoms with Crippen LogP contribution < -0.4 is 0 Å². The monoisotopic (exact) mass is 706 g/mol. The smallest absolute Gasteiger partial charge is 0.213 e. The quantitative estimate of drug-likeness (QED) is 0.179. The lowest BCUT2D eigenvalue weighted by atomic mass is 9.99. The highest BCUT2D eigenvalue weighted by molar-refractivity contribution is 7.25. The van der Waals surface area contributed by atoms with Gasteiger partial charge in [0.1, 0.15) is 5.58 Å². The van der Waals surface area contributed by atoms with E-state index in [4.69, 9.17) is 4.42 Å². The number of para-hydroxylation sites is 5. The summed E-state index contributed by atoms with van der Waals surface area (Å²) in [6, 6.07) is 65.8. The van der Waals surface area contributed by atoms with Gasteiger partial charge in [-0.3, -0.25) is 4.57 Å². The number of thiophene rings is 1. The van der Waals surface area contributed by atoms with E-state index in [9.17, 15) is 0 Å². The molecule has 3 nitrogen and oxygen atoms in total. The van der Waals surface area contributed by atoms with E-state index in [1.165, 1.54) is 58.5 Å². The predicted octanol–water partition coefficient (Wildman–Crippen LogP) is 14.3. The van der Waals surface area contributed by atoms with E-state index in [1.807, 2.05) is 11.3 Å². The van der Waals surface area contributed by atoms with E-state index in [0.29, 0.717) is 0 Å². The summed E-state index contributed by atoms with van der Waals surface area (Å²) >= 11 is 1.85. The highest BCUT2D eigenvalue weighted by atomic mass is 32.1. The fourth-order valence-electron chi connectivity index (χ4n) is 8.70. The molecule has 0 fully saturated rings. The molecule has 0 saturated carbocycles. The van der Waals surface area contributed by atoms with Gasteiger partial charge in [0.15, 0.2) is 0 Å². The minimum Gasteiger partial charge on any atom is -0.438 e. The Hall–Kier alpha value is -6.88. The summed E-state index contributed by atoms with van der Waals surface area (Å²) in [7, 11) is 0. The maximum atomic E-state index is 6.91. The molecule has 0 aliphatic heterocycles. The molecule has 252 valence electrons. The summed E-state index contributed by atoms with van der Waals surface area (Å²) in [5, 5.41) is 8.58. The maximum absolute atomic E-state index is 6.91. The Balaban J connectivity index is 0.978. The fourth-order valence-corrected chi connectivity index (χ4v) is 9.77. The minimum absolute atomic E-state index is 0.876. The van der Waals surface area contributed by atoms with Gasteiger partial charge in [-0.1, -0.05) is 115 Å². The number of fused-ring (bicyclic) bond motifs is 11. The van der Waals surface area contributed by atoms with Gasteiger partial charge in [0, 0.05) is 58.7 Å². The highest BCUT2D eigenvalue weighted by Gasteiger charge is 2.21. The molecule has 0 aliphatic rings. The largest absolute Gasteiger partial charge is 0.438 e. The lowest BCUT2D eigenvalue weighted by Gasteiger charge is -2.09. The number of nitrogens with zero attached hydrogens (tertiary/aromatic N) is 2. The molecule has 4 aromatic heterocycles. The van der Waals surface area contributed by atoms with E-state index in [1.54, 1.807) is 0 Å². The van der Waals surface area contributed by atoms with Crippen LogP contribution in [0.1, 0.15) is 0 Å². The Morgan fingerprint density at radius 2 is 0.907 bits per heavy atom. The second-order valence-electron chi connectivity index (χ2n) is 14.1. The molecule has 0 unspecified atom stereocenters. The molecule has 12 aromatic rings. The molecule has 0 spiro atoms. The van der Waals surface area contributed by atoms with Crippen LogP contribution in [0.25, 0.3) is 109 Å². The first-order valence-electron chi connectivity index (χ1n) is 18.3. The summed E-state index contributed by atoms with van der Waals surface area (Å²) in [6.45, 7) is 0. The van der Waals surface area contributed by atoms with E-state index in [-0.39, 0.29) is 0 Å². The van der Waals surface area contributed by atoms with Crippen molar-refractivity contribution in [1.29, 1.82) is 0 Å². The number of benzene rings is 8. The zero-order valence-electron chi connectivity index (χ0n) is 29.0. The molecule has 0 amide bonds. The summed E-state index contributed by atoms with van der Waals surface area (Å²) in [6.07, 6.45) is 0. The van der Waals surface area contributed by atoms with Gasteiger partial charge in [-0.25, -0.2) is 0 Å². The molecule has 4 heteroatoms. The SMILES string of the molecule is c1ccc(-n2c3ccccc3c3c4cccc(-c5ccc6sc7ccc(-c8ccc(-n9c%10ccccc%10c%10ccccc%109)cc8)cc7c6c5)c4oc32)cc1. The molecule has 54 heavy (non-hydrogen) atoms. The molecule has 0 bridgehead atoms. The van der Waals surface area contributed by atoms with Crippen LogP contribution in [0.3, 0.4) is 0 Å². The number of rotatable bonds is 4. The number of furan rings is 1. The van der Waals surface area contributed by atoms with Crippen molar-refractivity contribution in [3.8, 4) is 33.6 Å². The van der Waals surface area contributed by atoms with Crippen molar-refractivity contribution in [2.45, 2.75) is 0 Å². The Morgan fingerprint density at radius 3 is 1.61 bits per heavy atom. The maximum Gasteiger partial charge on any atom is 0.213 e. The Morgan fingerprint density at radius 1 is 0.370 bits per heavy atom.